The minimum atomic E-state index is -1.37. The van der Waals surface area contributed by atoms with Crippen LogP contribution in [0.25, 0.3) is 0 Å². The maximum Gasteiger partial charge on any atom is 0.326 e. The third-order valence-electron chi connectivity index (χ3n) is 4.55. The van der Waals surface area contributed by atoms with E-state index in [9.17, 15) is 33.9 Å². The molecule has 0 spiro atoms. The second kappa shape index (κ2) is 13.2. The Hall–Kier alpha value is -3.22. The fourth-order valence-corrected chi connectivity index (χ4v) is 2.69. The molecular weight excluding hydrogens is 424 g/mol. The van der Waals surface area contributed by atoms with Crippen LogP contribution in [-0.4, -0.2) is 64.8 Å². The molecule has 0 aliphatic carbocycles. The smallest absolute Gasteiger partial charge is 0.326 e. The summed E-state index contributed by atoms with van der Waals surface area (Å²) in [5, 5.41) is 16.5. The maximum absolute atomic E-state index is 12.8. The SMILES string of the molecule is CC(C)C(NC(=O)C(N)CC(N)=O)C(=O)NC(C(=O)NC(CCC(N)=O)C(=O)O)C(C)C. The zero-order chi connectivity index (χ0) is 25.2. The molecule has 0 aromatic carbocycles. The third-order valence-corrected chi connectivity index (χ3v) is 4.55. The van der Waals surface area contributed by atoms with Crippen molar-refractivity contribution >= 4 is 35.5 Å². The number of aliphatic carboxylic acids is 1. The lowest BCUT2D eigenvalue weighted by Crippen LogP contribution is -2.59. The fourth-order valence-electron chi connectivity index (χ4n) is 2.69. The molecule has 0 saturated heterocycles. The average Bonchev–Trinajstić information content (AvgIpc) is 2.65. The summed E-state index contributed by atoms with van der Waals surface area (Å²) in [6.45, 7) is 6.57. The van der Waals surface area contributed by atoms with E-state index in [4.69, 9.17) is 17.2 Å². The first-order valence-corrected chi connectivity index (χ1v) is 10.1. The molecule has 0 radical (unpaired) electrons. The predicted molar refractivity (Wildman–Crippen MR) is 113 cm³/mol. The molecule has 5 amide bonds. The van der Waals surface area contributed by atoms with Crippen molar-refractivity contribution in [1.82, 2.24) is 16.0 Å². The van der Waals surface area contributed by atoms with Gasteiger partial charge in [-0.15, -0.1) is 0 Å². The van der Waals surface area contributed by atoms with Gasteiger partial charge >= 0.3 is 5.97 Å². The second-order valence-electron chi connectivity index (χ2n) is 8.14. The van der Waals surface area contributed by atoms with E-state index in [1.54, 1.807) is 27.7 Å². The summed E-state index contributed by atoms with van der Waals surface area (Å²) >= 11 is 0. The Morgan fingerprint density at radius 3 is 1.56 bits per heavy atom. The van der Waals surface area contributed by atoms with Gasteiger partial charge in [0.05, 0.1) is 12.5 Å². The van der Waals surface area contributed by atoms with Crippen molar-refractivity contribution in [2.45, 2.75) is 71.1 Å². The molecule has 4 atom stereocenters. The fraction of sp³-hybridized carbons (Fsp3) is 0.684. The Bertz CT molecular complexity index is 725. The third kappa shape index (κ3) is 10.2. The number of carboxylic acids is 1. The molecule has 0 aromatic rings. The van der Waals surface area contributed by atoms with Gasteiger partial charge in [-0.3, -0.25) is 24.0 Å². The van der Waals surface area contributed by atoms with Gasteiger partial charge < -0.3 is 38.3 Å². The maximum atomic E-state index is 12.8. The highest BCUT2D eigenvalue weighted by Crippen LogP contribution is 2.08. The summed E-state index contributed by atoms with van der Waals surface area (Å²) in [6.07, 6.45) is -0.863. The summed E-state index contributed by atoms with van der Waals surface area (Å²) in [7, 11) is 0. The van der Waals surface area contributed by atoms with E-state index in [0.717, 1.165) is 0 Å². The zero-order valence-corrected chi connectivity index (χ0v) is 18.7. The Morgan fingerprint density at radius 2 is 1.19 bits per heavy atom. The van der Waals surface area contributed by atoms with Crippen LogP contribution in [0.3, 0.4) is 0 Å². The van der Waals surface area contributed by atoms with Gasteiger partial charge in [0.25, 0.3) is 0 Å². The number of rotatable bonds is 14. The highest BCUT2D eigenvalue weighted by Gasteiger charge is 2.33. The minimum absolute atomic E-state index is 0.211. The number of hydrogen-bond acceptors (Lipinski definition) is 7. The van der Waals surface area contributed by atoms with E-state index in [1.807, 2.05) is 0 Å². The molecular formula is C19H34N6O7. The van der Waals surface area contributed by atoms with Gasteiger partial charge in [0.1, 0.15) is 18.1 Å². The Kier molecular flexibility index (Phi) is 11.9. The number of carbonyl (C=O) groups is 6. The van der Waals surface area contributed by atoms with E-state index in [2.05, 4.69) is 16.0 Å². The molecule has 13 heteroatoms. The summed E-state index contributed by atoms with van der Waals surface area (Å²) < 4.78 is 0. The first-order valence-electron chi connectivity index (χ1n) is 10.1. The number of hydrogen-bond donors (Lipinski definition) is 7. The van der Waals surface area contributed by atoms with E-state index >= 15 is 0 Å². The van der Waals surface area contributed by atoms with Crippen molar-refractivity contribution in [2.75, 3.05) is 0 Å². The molecule has 13 nitrogen and oxygen atoms in total. The van der Waals surface area contributed by atoms with Crippen molar-refractivity contribution in [2.24, 2.45) is 29.0 Å². The topological polar surface area (TPSA) is 237 Å². The second-order valence-corrected chi connectivity index (χ2v) is 8.14. The number of nitrogens with one attached hydrogen (secondary N) is 3. The van der Waals surface area contributed by atoms with Crippen LogP contribution in [0, 0.1) is 11.8 Å². The van der Waals surface area contributed by atoms with Crippen LogP contribution in [0.4, 0.5) is 0 Å². The van der Waals surface area contributed by atoms with Gasteiger partial charge in [0.15, 0.2) is 0 Å². The largest absolute Gasteiger partial charge is 0.480 e. The number of amides is 5. The van der Waals surface area contributed by atoms with Crippen LogP contribution < -0.4 is 33.2 Å². The summed E-state index contributed by atoms with van der Waals surface area (Å²) in [6, 6.07) is -4.83. The van der Waals surface area contributed by atoms with Gasteiger partial charge in [0, 0.05) is 6.42 Å². The number of carbonyl (C=O) groups excluding carboxylic acids is 5. The Morgan fingerprint density at radius 1 is 0.750 bits per heavy atom. The van der Waals surface area contributed by atoms with Crippen molar-refractivity contribution < 1.29 is 33.9 Å². The van der Waals surface area contributed by atoms with E-state index in [1.165, 1.54) is 0 Å². The van der Waals surface area contributed by atoms with Crippen LogP contribution in [-0.2, 0) is 28.8 Å². The van der Waals surface area contributed by atoms with E-state index in [0.29, 0.717) is 0 Å². The summed E-state index contributed by atoms with van der Waals surface area (Å²) in [5.41, 5.74) is 15.6. The van der Waals surface area contributed by atoms with Crippen LogP contribution in [0.2, 0.25) is 0 Å². The standard InChI is InChI=1S/C19H34N6O7/c1-8(2)14(17(29)23-11(19(31)32)5-6-12(21)26)25-18(30)15(9(3)4)24-16(28)10(20)7-13(22)27/h8-11,14-15H,5-7,20H2,1-4H3,(H2,21,26)(H2,22,27)(H,23,29)(H,24,28)(H,25,30)(H,31,32). The summed E-state index contributed by atoms with van der Waals surface area (Å²) in [5.74, 6) is -5.93. The lowest BCUT2D eigenvalue weighted by atomic mass is 9.98. The van der Waals surface area contributed by atoms with E-state index < -0.39 is 77.9 Å². The highest BCUT2D eigenvalue weighted by molar-refractivity contribution is 5.95. The van der Waals surface area contributed by atoms with Crippen molar-refractivity contribution in [3.8, 4) is 0 Å². The first-order chi connectivity index (χ1) is 14.7. The Balaban J connectivity index is 5.36. The molecule has 0 saturated carbocycles. The number of carboxylic acid groups (broad SMARTS) is 1. The average molecular weight is 459 g/mol. The lowest BCUT2D eigenvalue weighted by Gasteiger charge is -2.28. The number of primary amides is 2. The predicted octanol–water partition coefficient (Wildman–Crippen LogP) is -2.69. The van der Waals surface area contributed by atoms with E-state index in [-0.39, 0.29) is 12.8 Å². The molecule has 0 fully saturated rings. The van der Waals surface area contributed by atoms with Gasteiger partial charge in [-0.05, 0) is 18.3 Å². The molecule has 0 bridgehead atoms. The van der Waals surface area contributed by atoms with Crippen molar-refractivity contribution in [1.29, 1.82) is 0 Å². The Labute approximate surface area is 186 Å². The molecule has 32 heavy (non-hydrogen) atoms. The number of nitrogens with two attached hydrogens (primary N) is 3. The van der Waals surface area contributed by atoms with Crippen LogP contribution in [0.5, 0.6) is 0 Å². The van der Waals surface area contributed by atoms with Crippen molar-refractivity contribution in [3.63, 3.8) is 0 Å². The molecule has 0 aliphatic rings. The molecule has 4 unspecified atom stereocenters. The normalized spacial score (nSPS) is 14.7. The first kappa shape index (κ1) is 28.8. The highest BCUT2D eigenvalue weighted by atomic mass is 16.4. The minimum Gasteiger partial charge on any atom is -0.480 e. The van der Waals surface area contributed by atoms with Gasteiger partial charge in [-0.2, -0.15) is 0 Å². The molecule has 0 heterocycles. The zero-order valence-electron chi connectivity index (χ0n) is 18.7. The monoisotopic (exact) mass is 458 g/mol. The molecule has 0 rings (SSSR count). The quantitative estimate of drug-likeness (QED) is 0.144. The molecule has 182 valence electrons. The van der Waals surface area contributed by atoms with Gasteiger partial charge in [-0.1, -0.05) is 27.7 Å². The van der Waals surface area contributed by atoms with Crippen LogP contribution >= 0.6 is 0 Å². The summed E-state index contributed by atoms with van der Waals surface area (Å²) in [4.78, 5) is 70.9. The van der Waals surface area contributed by atoms with Crippen LogP contribution in [0.1, 0.15) is 47.0 Å². The van der Waals surface area contributed by atoms with Gasteiger partial charge in [-0.25, -0.2) is 4.79 Å². The van der Waals surface area contributed by atoms with Gasteiger partial charge in [0.2, 0.25) is 29.5 Å². The molecule has 0 aliphatic heterocycles. The lowest BCUT2D eigenvalue weighted by molar-refractivity contribution is -0.143. The van der Waals surface area contributed by atoms with Crippen LogP contribution in [0.15, 0.2) is 0 Å². The molecule has 0 aromatic heterocycles. The van der Waals surface area contributed by atoms with Crippen molar-refractivity contribution in [3.05, 3.63) is 0 Å². The molecule has 10 N–H and O–H groups in total.